The number of nitro groups is 1. The Morgan fingerprint density at radius 3 is 2.75 bits per heavy atom. The third-order valence-electron chi connectivity index (χ3n) is 1.79. The Morgan fingerprint density at radius 1 is 1.44 bits per heavy atom. The van der Waals surface area contributed by atoms with Gasteiger partial charge in [-0.2, -0.15) is 0 Å². The summed E-state index contributed by atoms with van der Waals surface area (Å²) in [6.45, 7) is 3.43. The molecular formula is C11H11NO4. The van der Waals surface area contributed by atoms with Crippen molar-refractivity contribution in [1.82, 2.24) is 0 Å². The normalized spacial score (nSPS) is 10.1. The van der Waals surface area contributed by atoms with E-state index in [0.29, 0.717) is 17.1 Å². The average Bonchev–Trinajstić information content (AvgIpc) is 2.28. The fraction of sp³-hybridized carbons (Fsp3) is 0.0909. The molecule has 5 nitrogen and oxygen atoms in total. The molecule has 5 heteroatoms. The van der Waals surface area contributed by atoms with Gasteiger partial charge < -0.3 is 9.47 Å². The van der Waals surface area contributed by atoms with Crippen molar-refractivity contribution in [2.45, 2.75) is 0 Å². The van der Waals surface area contributed by atoms with Gasteiger partial charge in [-0.25, -0.2) is 0 Å². The van der Waals surface area contributed by atoms with Gasteiger partial charge in [-0.05, 0) is 17.7 Å². The molecule has 1 rings (SSSR count). The van der Waals surface area contributed by atoms with Crippen LogP contribution in [0.25, 0.3) is 6.08 Å². The number of methoxy groups -OCH3 is 1. The third kappa shape index (κ3) is 3.13. The second kappa shape index (κ2) is 5.55. The van der Waals surface area contributed by atoms with Crippen LogP contribution in [0.1, 0.15) is 5.56 Å². The standard InChI is InChI=1S/C11H11NO4/c1-3-16-10-5-4-9(6-7-12(13)14)8-11(10)15-2/h3-8H,1H2,2H3/b7-6+. The topological polar surface area (TPSA) is 61.6 Å². The minimum absolute atomic E-state index is 0.491. The predicted molar refractivity (Wildman–Crippen MR) is 59.8 cm³/mol. The van der Waals surface area contributed by atoms with E-state index in [4.69, 9.17) is 9.47 Å². The van der Waals surface area contributed by atoms with E-state index in [9.17, 15) is 10.1 Å². The minimum Gasteiger partial charge on any atom is -0.493 e. The van der Waals surface area contributed by atoms with E-state index in [-0.39, 0.29) is 0 Å². The van der Waals surface area contributed by atoms with Gasteiger partial charge in [0.15, 0.2) is 11.5 Å². The summed E-state index contributed by atoms with van der Waals surface area (Å²) in [5.41, 5.74) is 0.657. The molecule has 0 bridgehead atoms. The van der Waals surface area contributed by atoms with Crippen molar-refractivity contribution in [3.05, 3.63) is 52.9 Å². The maximum absolute atomic E-state index is 10.1. The van der Waals surface area contributed by atoms with Crippen LogP contribution in [0, 0.1) is 10.1 Å². The van der Waals surface area contributed by atoms with E-state index in [2.05, 4.69) is 6.58 Å². The summed E-state index contributed by atoms with van der Waals surface area (Å²) in [5, 5.41) is 10.1. The van der Waals surface area contributed by atoms with Crippen LogP contribution in [0.15, 0.2) is 37.2 Å². The second-order valence-corrected chi connectivity index (χ2v) is 2.80. The predicted octanol–water partition coefficient (Wildman–Crippen LogP) is 2.46. The van der Waals surface area contributed by atoms with Crippen LogP contribution in [0.4, 0.5) is 0 Å². The van der Waals surface area contributed by atoms with E-state index in [0.717, 1.165) is 6.20 Å². The number of nitrogens with zero attached hydrogens (tertiary/aromatic N) is 1. The molecule has 16 heavy (non-hydrogen) atoms. The van der Waals surface area contributed by atoms with Crippen LogP contribution in [0.3, 0.4) is 0 Å². The molecule has 0 spiro atoms. The highest BCUT2D eigenvalue weighted by atomic mass is 16.6. The summed E-state index contributed by atoms with van der Waals surface area (Å²) in [4.78, 5) is 9.62. The smallest absolute Gasteiger partial charge is 0.235 e. The first kappa shape index (κ1) is 11.8. The molecule has 0 aliphatic heterocycles. The van der Waals surface area contributed by atoms with Crippen molar-refractivity contribution in [1.29, 1.82) is 0 Å². The monoisotopic (exact) mass is 221 g/mol. The van der Waals surface area contributed by atoms with Gasteiger partial charge in [0.2, 0.25) is 6.20 Å². The second-order valence-electron chi connectivity index (χ2n) is 2.80. The van der Waals surface area contributed by atoms with E-state index in [1.807, 2.05) is 0 Å². The maximum atomic E-state index is 10.1. The maximum Gasteiger partial charge on any atom is 0.235 e. The Hall–Kier alpha value is -2.30. The van der Waals surface area contributed by atoms with Gasteiger partial charge in [-0.1, -0.05) is 12.6 Å². The average molecular weight is 221 g/mol. The number of hydrogen-bond donors (Lipinski definition) is 0. The molecule has 0 radical (unpaired) electrons. The minimum atomic E-state index is -0.527. The molecule has 0 saturated carbocycles. The first-order valence-electron chi connectivity index (χ1n) is 4.44. The summed E-state index contributed by atoms with van der Waals surface area (Å²) in [7, 11) is 1.49. The van der Waals surface area contributed by atoms with Gasteiger partial charge in [0.25, 0.3) is 0 Å². The molecule has 0 fully saturated rings. The molecule has 1 aromatic carbocycles. The summed E-state index contributed by atoms with van der Waals surface area (Å²) >= 11 is 0. The van der Waals surface area contributed by atoms with Gasteiger partial charge in [-0.3, -0.25) is 10.1 Å². The largest absolute Gasteiger partial charge is 0.493 e. The fourth-order valence-electron chi connectivity index (χ4n) is 1.12. The summed E-state index contributed by atoms with van der Waals surface area (Å²) < 4.78 is 10.2. The SMILES string of the molecule is C=COc1ccc(/C=C/[N+](=O)[O-])cc1OC. The fourth-order valence-corrected chi connectivity index (χ4v) is 1.12. The molecule has 0 aromatic heterocycles. The molecule has 1 aromatic rings. The van der Waals surface area contributed by atoms with Gasteiger partial charge in [0.1, 0.15) is 0 Å². The lowest BCUT2D eigenvalue weighted by Gasteiger charge is -2.07. The molecule has 84 valence electrons. The highest BCUT2D eigenvalue weighted by Gasteiger charge is 2.03. The molecular weight excluding hydrogens is 210 g/mol. The van der Waals surface area contributed by atoms with Crippen molar-refractivity contribution in [3.8, 4) is 11.5 Å². The molecule has 0 aliphatic carbocycles. The molecule has 0 N–H and O–H groups in total. The van der Waals surface area contributed by atoms with Crippen molar-refractivity contribution >= 4 is 6.08 Å². The van der Waals surface area contributed by atoms with E-state index < -0.39 is 4.92 Å². The van der Waals surface area contributed by atoms with Crippen LogP contribution in [0.2, 0.25) is 0 Å². The van der Waals surface area contributed by atoms with Crippen LogP contribution in [-0.2, 0) is 0 Å². The third-order valence-corrected chi connectivity index (χ3v) is 1.79. The lowest BCUT2D eigenvalue weighted by Crippen LogP contribution is -1.90. The van der Waals surface area contributed by atoms with Crippen LogP contribution in [0.5, 0.6) is 11.5 Å². The molecule has 0 atom stereocenters. The number of benzene rings is 1. The molecule has 0 aliphatic rings. The zero-order valence-electron chi connectivity index (χ0n) is 8.75. The Kier molecular flexibility index (Phi) is 4.08. The number of hydrogen-bond acceptors (Lipinski definition) is 4. The Morgan fingerprint density at radius 2 is 2.19 bits per heavy atom. The van der Waals surface area contributed by atoms with Gasteiger partial charge in [-0.15, -0.1) is 0 Å². The zero-order valence-corrected chi connectivity index (χ0v) is 8.75. The Balaban J connectivity index is 2.98. The van der Waals surface area contributed by atoms with E-state index in [1.54, 1.807) is 18.2 Å². The number of rotatable bonds is 5. The lowest BCUT2D eigenvalue weighted by molar-refractivity contribution is -0.400. The van der Waals surface area contributed by atoms with Crippen LogP contribution < -0.4 is 9.47 Å². The highest BCUT2D eigenvalue weighted by Crippen LogP contribution is 2.28. The molecule has 0 amide bonds. The lowest BCUT2D eigenvalue weighted by atomic mass is 10.2. The summed E-state index contributed by atoms with van der Waals surface area (Å²) in [6.07, 6.45) is 3.52. The first-order valence-corrected chi connectivity index (χ1v) is 4.44. The molecule has 0 saturated heterocycles. The highest BCUT2D eigenvalue weighted by molar-refractivity contribution is 5.55. The Labute approximate surface area is 92.8 Å². The van der Waals surface area contributed by atoms with Crippen molar-refractivity contribution in [3.63, 3.8) is 0 Å². The van der Waals surface area contributed by atoms with Crippen molar-refractivity contribution < 1.29 is 14.4 Å². The van der Waals surface area contributed by atoms with E-state index in [1.165, 1.54) is 19.4 Å². The van der Waals surface area contributed by atoms with Crippen LogP contribution >= 0.6 is 0 Å². The summed E-state index contributed by atoms with van der Waals surface area (Å²) in [5.74, 6) is 1.00. The Bertz CT molecular complexity index is 426. The zero-order chi connectivity index (χ0) is 12.0. The van der Waals surface area contributed by atoms with Crippen LogP contribution in [-0.4, -0.2) is 12.0 Å². The van der Waals surface area contributed by atoms with E-state index >= 15 is 0 Å². The van der Waals surface area contributed by atoms with Crippen molar-refractivity contribution in [2.24, 2.45) is 0 Å². The summed E-state index contributed by atoms with van der Waals surface area (Å²) in [6, 6.07) is 4.97. The van der Waals surface area contributed by atoms with Crippen molar-refractivity contribution in [2.75, 3.05) is 7.11 Å². The van der Waals surface area contributed by atoms with Gasteiger partial charge in [0, 0.05) is 6.08 Å². The molecule has 0 heterocycles. The molecule has 0 unspecified atom stereocenters. The number of ether oxygens (including phenoxy) is 2. The van der Waals surface area contributed by atoms with Gasteiger partial charge >= 0.3 is 0 Å². The quantitative estimate of drug-likeness (QED) is 0.435. The van der Waals surface area contributed by atoms with Gasteiger partial charge in [0.05, 0.1) is 18.3 Å². The first-order chi connectivity index (χ1) is 7.67.